The van der Waals surface area contributed by atoms with Crippen molar-refractivity contribution in [3.05, 3.63) is 0 Å². The molecule has 0 bridgehead atoms. The van der Waals surface area contributed by atoms with Gasteiger partial charge in [0.25, 0.3) is 0 Å². The van der Waals surface area contributed by atoms with Crippen molar-refractivity contribution >= 4 is 0 Å². The Bertz CT molecular complexity index is 189. The van der Waals surface area contributed by atoms with E-state index in [1.54, 1.807) is 0 Å². The van der Waals surface area contributed by atoms with Gasteiger partial charge in [-0.3, -0.25) is 0 Å². The molecule has 3 nitrogen and oxygen atoms in total. The molecular weight excluding hydrogens is 164 g/mol. The number of ether oxygens (including phenoxy) is 1. The number of nitrogens with one attached hydrogen (secondary N) is 1. The predicted molar refractivity (Wildman–Crippen MR) is 50.7 cm³/mol. The highest BCUT2D eigenvalue weighted by Gasteiger charge is 2.52. The zero-order valence-corrected chi connectivity index (χ0v) is 8.09. The van der Waals surface area contributed by atoms with Crippen molar-refractivity contribution in [3.63, 3.8) is 0 Å². The first-order valence-electron chi connectivity index (χ1n) is 5.40. The normalized spacial score (nSPS) is 37.4. The highest BCUT2D eigenvalue weighted by molar-refractivity contribution is 5.05. The number of hydrogen-bond donors (Lipinski definition) is 1. The van der Waals surface area contributed by atoms with Crippen molar-refractivity contribution in [2.24, 2.45) is 5.41 Å². The van der Waals surface area contributed by atoms with Crippen LogP contribution in [0.15, 0.2) is 0 Å². The fourth-order valence-corrected chi connectivity index (χ4v) is 2.57. The predicted octanol–water partition coefficient (Wildman–Crippen LogP) is 0.0706. The fraction of sp³-hybridized carbons (Fsp3) is 1.00. The lowest BCUT2D eigenvalue weighted by molar-refractivity contribution is 0.0249. The van der Waals surface area contributed by atoms with Crippen LogP contribution in [-0.2, 0) is 4.74 Å². The van der Waals surface area contributed by atoms with E-state index in [4.69, 9.17) is 4.74 Å². The maximum atomic E-state index is 5.43. The lowest BCUT2D eigenvalue weighted by Gasteiger charge is -2.42. The summed E-state index contributed by atoms with van der Waals surface area (Å²) in [5.74, 6) is 0. The minimum atomic E-state index is 0.588. The molecular formula is C10H18N2O. The van der Waals surface area contributed by atoms with E-state index in [-0.39, 0.29) is 0 Å². The minimum absolute atomic E-state index is 0.588. The monoisotopic (exact) mass is 182 g/mol. The summed E-state index contributed by atoms with van der Waals surface area (Å²) in [5.41, 5.74) is 0.801. The molecule has 1 unspecified atom stereocenters. The molecule has 74 valence electrons. The van der Waals surface area contributed by atoms with E-state index >= 15 is 0 Å². The lowest BCUT2D eigenvalue weighted by Crippen LogP contribution is -2.56. The van der Waals surface area contributed by atoms with Crippen LogP contribution in [0, 0.1) is 5.41 Å². The summed E-state index contributed by atoms with van der Waals surface area (Å²) in [6.45, 7) is 6.73. The quantitative estimate of drug-likeness (QED) is 0.654. The SMILES string of the molecule is C1COCC(CN2CC3(CC3)C2)N1. The summed E-state index contributed by atoms with van der Waals surface area (Å²) in [6.07, 6.45) is 2.97. The zero-order valence-electron chi connectivity index (χ0n) is 8.09. The molecule has 1 spiro atoms. The molecule has 2 heterocycles. The summed E-state index contributed by atoms with van der Waals surface area (Å²) in [7, 11) is 0. The Balaban J connectivity index is 1.42. The van der Waals surface area contributed by atoms with Gasteiger partial charge in [-0.05, 0) is 18.3 Å². The van der Waals surface area contributed by atoms with Crippen LogP contribution in [0.4, 0.5) is 0 Å². The second-order valence-electron chi connectivity index (χ2n) is 4.90. The molecule has 0 radical (unpaired) electrons. The van der Waals surface area contributed by atoms with Gasteiger partial charge in [-0.15, -0.1) is 0 Å². The first-order chi connectivity index (χ1) is 6.36. The van der Waals surface area contributed by atoms with E-state index in [1.807, 2.05) is 0 Å². The molecule has 1 atom stereocenters. The summed E-state index contributed by atoms with van der Waals surface area (Å²) in [4.78, 5) is 2.57. The average Bonchev–Trinajstić information content (AvgIpc) is 2.86. The first kappa shape index (κ1) is 8.21. The van der Waals surface area contributed by atoms with E-state index < -0.39 is 0 Å². The Morgan fingerprint density at radius 1 is 1.38 bits per heavy atom. The largest absolute Gasteiger partial charge is 0.378 e. The van der Waals surface area contributed by atoms with E-state index in [0.717, 1.165) is 25.2 Å². The summed E-state index contributed by atoms with van der Waals surface area (Å²) < 4.78 is 5.43. The van der Waals surface area contributed by atoms with Gasteiger partial charge in [-0.1, -0.05) is 0 Å². The molecule has 3 heteroatoms. The van der Waals surface area contributed by atoms with Gasteiger partial charge in [0.2, 0.25) is 0 Å². The Morgan fingerprint density at radius 3 is 2.85 bits per heavy atom. The van der Waals surface area contributed by atoms with Crippen LogP contribution in [0.25, 0.3) is 0 Å². The van der Waals surface area contributed by atoms with Gasteiger partial charge in [-0.2, -0.15) is 0 Å². The van der Waals surface area contributed by atoms with Crippen LogP contribution in [0.1, 0.15) is 12.8 Å². The fourth-order valence-electron chi connectivity index (χ4n) is 2.57. The molecule has 0 aromatic carbocycles. The standard InChI is InChI=1S/C10H18N2O/c1-2-10(1)7-12(8-10)5-9-6-13-4-3-11-9/h9,11H,1-8H2. The summed E-state index contributed by atoms with van der Waals surface area (Å²) in [5, 5.41) is 3.50. The average molecular weight is 182 g/mol. The van der Waals surface area contributed by atoms with Crippen molar-refractivity contribution in [1.82, 2.24) is 10.2 Å². The number of hydrogen-bond acceptors (Lipinski definition) is 3. The molecule has 0 aromatic rings. The van der Waals surface area contributed by atoms with Crippen LogP contribution in [0.5, 0.6) is 0 Å². The van der Waals surface area contributed by atoms with E-state index in [0.29, 0.717) is 6.04 Å². The Kier molecular flexibility index (Phi) is 1.86. The van der Waals surface area contributed by atoms with E-state index in [1.165, 1.54) is 32.5 Å². The highest BCUT2D eigenvalue weighted by atomic mass is 16.5. The van der Waals surface area contributed by atoms with Crippen LogP contribution in [0.3, 0.4) is 0 Å². The molecule has 13 heavy (non-hydrogen) atoms. The Labute approximate surface area is 79.4 Å². The second-order valence-corrected chi connectivity index (χ2v) is 4.90. The lowest BCUT2D eigenvalue weighted by atomic mass is 9.96. The van der Waals surface area contributed by atoms with Crippen molar-refractivity contribution in [2.45, 2.75) is 18.9 Å². The molecule has 0 aromatic heterocycles. The number of morpholine rings is 1. The van der Waals surface area contributed by atoms with Crippen molar-refractivity contribution in [2.75, 3.05) is 39.4 Å². The third kappa shape index (κ3) is 1.60. The first-order valence-corrected chi connectivity index (χ1v) is 5.40. The maximum absolute atomic E-state index is 5.43. The Morgan fingerprint density at radius 2 is 2.23 bits per heavy atom. The van der Waals surface area contributed by atoms with Crippen LogP contribution in [-0.4, -0.2) is 50.3 Å². The molecule has 2 saturated heterocycles. The van der Waals surface area contributed by atoms with Gasteiger partial charge in [-0.25, -0.2) is 0 Å². The zero-order chi connectivity index (χ0) is 8.73. The molecule has 1 saturated carbocycles. The van der Waals surface area contributed by atoms with Gasteiger partial charge in [0.15, 0.2) is 0 Å². The van der Waals surface area contributed by atoms with Gasteiger partial charge >= 0.3 is 0 Å². The molecule has 1 aliphatic carbocycles. The maximum Gasteiger partial charge on any atom is 0.0632 e. The molecule has 3 aliphatic rings. The van der Waals surface area contributed by atoms with Crippen molar-refractivity contribution in [3.8, 4) is 0 Å². The molecule has 1 N–H and O–H groups in total. The van der Waals surface area contributed by atoms with Gasteiger partial charge < -0.3 is 15.0 Å². The summed E-state index contributed by atoms with van der Waals surface area (Å²) >= 11 is 0. The van der Waals surface area contributed by atoms with E-state index in [2.05, 4.69) is 10.2 Å². The second kappa shape index (κ2) is 2.94. The third-order valence-electron chi connectivity index (χ3n) is 3.55. The third-order valence-corrected chi connectivity index (χ3v) is 3.55. The molecule has 0 amide bonds. The topological polar surface area (TPSA) is 24.5 Å². The van der Waals surface area contributed by atoms with Gasteiger partial charge in [0.1, 0.15) is 0 Å². The number of rotatable bonds is 2. The van der Waals surface area contributed by atoms with Gasteiger partial charge in [0, 0.05) is 32.2 Å². The van der Waals surface area contributed by atoms with Crippen LogP contribution < -0.4 is 5.32 Å². The van der Waals surface area contributed by atoms with Crippen molar-refractivity contribution in [1.29, 1.82) is 0 Å². The minimum Gasteiger partial charge on any atom is -0.378 e. The molecule has 3 rings (SSSR count). The number of nitrogens with zero attached hydrogens (tertiary/aromatic N) is 1. The summed E-state index contributed by atoms with van der Waals surface area (Å²) in [6, 6.07) is 0.588. The van der Waals surface area contributed by atoms with Gasteiger partial charge in [0.05, 0.1) is 13.2 Å². The molecule has 3 fully saturated rings. The van der Waals surface area contributed by atoms with Crippen LogP contribution >= 0.6 is 0 Å². The highest BCUT2D eigenvalue weighted by Crippen LogP contribution is 2.52. The molecule has 2 aliphatic heterocycles. The van der Waals surface area contributed by atoms with Crippen molar-refractivity contribution < 1.29 is 4.74 Å². The Hall–Kier alpha value is -0.120. The smallest absolute Gasteiger partial charge is 0.0632 e. The van der Waals surface area contributed by atoms with E-state index in [9.17, 15) is 0 Å². The number of likely N-dealkylation sites (tertiary alicyclic amines) is 1. The van der Waals surface area contributed by atoms with Crippen LogP contribution in [0.2, 0.25) is 0 Å².